The van der Waals surface area contributed by atoms with Crippen molar-refractivity contribution in [3.05, 3.63) is 23.8 Å². The molecule has 0 aromatic heterocycles. The zero-order chi connectivity index (χ0) is 14.6. The number of hydrogen-bond donors (Lipinski definition) is 2. The SMILES string of the molecule is CCOC(=O)c1ccc(B(O)O)c([B]C(C)(C)C)c1. The molecule has 0 bridgehead atoms. The van der Waals surface area contributed by atoms with Crippen LogP contribution in [-0.4, -0.2) is 37.0 Å². The third kappa shape index (κ3) is 4.73. The number of esters is 1. The highest BCUT2D eigenvalue weighted by Gasteiger charge is 2.22. The van der Waals surface area contributed by atoms with Crippen LogP contribution in [0.2, 0.25) is 5.31 Å². The Labute approximate surface area is 115 Å². The number of carbonyl (C=O) groups is 1. The summed E-state index contributed by atoms with van der Waals surface area (Å²) in [5.41, 5.74) is 1.41. The molecular weight excluding hydrogens is 242 g/mol. The first-order valence-electron chi connectivity index (χ1n) is 6.27. The van der Waals surface area contributed by atoms with Crippen LogP contribution in [0.5, 0.6) is 0 Å². The van der Waals surface area contributed by atoms with Gasteiger partial charge in [0.15, 0.2) is 7.28 Å². The highest BCUT2D eigenvalue weighted by atomic mass is 16.5. The van der Waals surface area contributed by atoms with E-state index in [4.69, 9.17) is 4.74 Å². The molecule has 0 unspecified atom stereocenters. The van der Waals surface area contributed by atoms with Crippen molar-refractivity contribution in [3.8, 4) is 0 Å². The summed E-state index contributed by atoms with van der Waals surface area (Å²) in [6.45, 7) is 8.04. The first-order valence-corrected chi connectivity index (χ1v) is 6.27. The molecule has 0 spiro atoms. The Bertz CT molecular complexity index is 452. The maximum atomic E-state index is 11.7. The second-order valence-corrected chi connectivity index (χ2v) is 5.45. The van der Waals surface area contributed by atoms with Crippen molar-refractivity contribution in [3.63, 3.8) is 0 Å². The summed E-state index contributed by atoms with van der Waals surface area (Å²) >= 11 is 0. The molecule has 1 aromatic rings. The molecule has 0 fully saturated rings. The molecule has 0 saturated heterocycles. The Balaban J connectivity index is 3.14. The number of hydrogen-bond acceptors (Lipinski definition) is 4. The van der Waals surface area contributed by atoms with E-state index in [1.807, 2.05) is 28.1 Å². The van der Waals surface area contributed by atoms with Gasteiger partial charge in [-0.3, -0.25) is 0 Å². The van der Waals surface area contributed by atoms with E-state index in [9.17, 15) is 14.8 Å². The van der Waals surface area contributed by atoms with E-state index in [0.29, 0.717) is 23.1 Å². The summed E-state index contributed by atoms with van der Waals surface area (Å²) < 4.78 is 4.94. The van der Waals surface area contributed by atoms with Gasteiger partial charge in [0.25, 0.3) is 0 Å². The maximum absolute atomic E-state index is 11.7. The lowest BCUT2D eigenvalue weighted by molar-refractivity contribution is 0.0526. The van der Waals surface area contributed by atoms with Gasteiger partial charge in [-0.15, -0.1) is 0 Å². The molecule has 0 aliphatic rings. The number of benzene rings is 1. The standard InChI is InChI=1S/C13H19B2O4/c1-5-19-12(16)9-6-7-11(15(17)18)10(8-9)14-13(2,3)4/h6-8,17-18H,5H2,1-4H3. The lowest BCUT2D eigenvalue weighted by Crippen LogP contribution is -2.46. The third-order valence-corrected chi connectivity index (χ3v) is 2.46. The van der Waals surface area contributed by atoms with Crippen molar-refractivity contribution in [2.24, 2.45) is 0 Å². The molecule has 101 valence electrons. The lowest BCUT2D eigenvalue weighted by atomic mass is 9.48. The zero-order valence-corrected chi connectivity index (χ0v) is 11.8. The smallest absolute Gasteiger partial charge is 0.462 e. The van der Waals surface area contributed by atoms with Crippen molar-refractivity contribution in [1.29, 1.82) is 0 Å². The van der Waals surface area contributed by atoms with E-state index in [1.54, 1.807) is 13.0 Å². The van der Waals surface area contributed by atoms with Gasteiger partial charge in [0.1, 0.15) is 0 Å². The van der Waals surface area contributed by atoms with Gasteiger partial charge in [0.05, 0.1) is 12.2 Å². The molecule has 6 heteroatoms. The highest BCUT2D eigenvalue weighted by Crippen LogP contribution is 2.19. The summed E-state index contributed by atoms with van der Waals surface area (Å²) in [6, 6.07) is 4.69. The van der Waals surface area contributed by atoms with Crippen LogP contribution in [0.3, 0.4) is 0 Å². The first kappa shape index (κ1) is 15.8. The Kier molecular flexibility index (Phi) is 5.20. The molecule has 0 aliphatic heterocycles. The van der Waals surface area contributed by atoms with E-state index in [0.717, 1.165) is 0 Å². The van der Waals surface area contributed by atoms with Crippen LogP contribution in [0.4, 0.5) is 0 Å². The Hall–Kier alpha value is -1.26. The molecule has 0 heterocycles. The maximum Gasteiger partial charge on any atom is 0.487 e. The Morgan fingerprint density at radius 1 is 1.37 bits per heavy atom. The minimum atomic E-state index is -1.56. The lowest BCUT2D eigenvalue weighted by Gasteiger charge is -2.19. The molecule has 4 nitrogen and oxygen atoms in total. The van der Waals surface area contributed by atoms with Crippen LogP contribution in [-0.2, 0) is 4.74 Å². The average molecular weight is 261 g/mol. The van der Waals surface area contributed by atoms with Crippen molar-refractivity contribution in [2.45, 2.75) is 33.0 Å². The van der Waals surface area contributed by atoms with Gasteiger partial charge in [-0.1, -0.05) is 43.7 Å². The van der Waals surface area contributed by atoms with E-state index in [-0.39, 0.29) is 5.31 Å². The van der Waals surface area contributed by atoms with E-state index < -0.39 is 13.1 Å². The number of rotatable bonds is 4. The second kappa shape index (κ2) is 6.26. The van der Waals surface area contributed by atoms with E-state index in [1.165, 1.54) is 12.1 Å². The fourth-order valence-electron chi connectivity index (χ4n) is 1.74. The van der Waals surface area contributed by atoms with Gasteiger partial charge >= 0.3 is 13.1 Å². The average Bonchev–Trinajstić information content (AvgIpc) is 2.26. The van der Waals surface area contributed by atoms with Crippen LogP contribution >= 0.6 is 0 Å². The van der Waals surface area contributed by atoms with Gasteiger partial charge in [0, 0.05) is 0 Å². The molecule has 19 heavy (non-hydrogen) atoms. The van der Waals surface area contributed by atoms with Crippen molar-refractivity contribution in [1.82, 2.24) is 0 Å². The largest absolute Gasteiger partial charge is 0.487 e. The van der Waals surface area contributed by atoms with Gasteiger partial charge in [-0.2, -0.15) is 0 Å². The van der Waals surface area contributed by atoms with Crippen molar-refractivity contribution < 1.29 is 19.6 Å². The normalized spacial score (nSPS) is 11.1. The van der Waals surface area contributed by atoms with Crippen LogP contribution in [0.1, 0.15) is 38.1 Å². The number of carbonyl (C=O) groups excluding carboxylic acids is 1. The van der Waals surface area contributed by atoms with Crippen molar-refractivity contribution >= 4 is 31.3 Å². The summed E-state index contributed by atoms with van der Waals surface area (Å²) in [5.74, 6) is -0.412. The molecule has 0 saturated carbocycles. The first-order chi connectivity index (χ1) is 8.74. The van der Waals surface area contributed by atoms with Gasteiger partial charge in [-0.25, -0.2) is 4.79 Å². The monoisotopic (exact) mass is 261 g/mol. The van der Waals surface area contributed by atoms with E-state index in [2.05, 4.69) is 0 Å². The van der Waals surface area contributed by atoms with Crippen LogP contribution in [0, 0.1) is 0 Å². The molecule has 0 aliphatic carbocycles. The minimum absolute atomic E-state index is 0.142. The van der Waals surface area contributed by atoms with Gasteiger partial charge < -0.3 is 14.8 Å². The highest BCUT2D eigenvalue weighted by molar-refractivity contribution is 6.70. The predicted molar refractivity (Wildman–Crippen MR) is 77.3 cm³/mol. The van der Waals surface area contributed by atoms with Crippen LogP contribution in [0.25, 0.3) is 0 Å². The second-order valence-electron chi connectivity index (χ2n) is 5.45. The van der Waals surface area contributed by atoms with Crippen molar-refractivity contribution in [2.75, 3.05) is 6.61 Å². The van der Waals surface area contributed by atoms with E-state index >= 15 is 0 Å². The predicted octanol–water partition coefficient (Wildman–Crippen LogP) is 0.0910. The Morgan fingerprint density at radius 2 is 2.00 bits per heavy atom. The summed E-state index contributed by atoms with van der Waals surface area (Å²) in [6.07, 6.45) is 0. The molecule has 2 N–H and O–H groups in total. The fourth-order valence-corrected chi connectivity index (χ4v) is 1.74. The molecular formula is C13H19B2O4. The quantitative estimate of drug-likeness (QED) is 0.595. The van der Waals surface area contributed by atoms with Crippen LogP contribution in [0.15, 0.2) is 18.2 Å². The molecule has 0 amide bonds. The Morgan fingerprint density at radius 3 is 2.47 bits per heavy atom. The summed E-state index contributed by atoms with van der Waals surface area (Å²) in [7, 11) is 0.328. The third-order valence-electron chi connectivity index (χ3n) is 2.46. The molecule has 1 radical (unpaired) electrons. The molecule has 1 aromatic carbocycles. The topological polar surface area (TPSA) is 66.8 Å². The minimum Gasteiger partial charge on any atom is -0.462 e. The summed E-state index contributed by atoms with van der Waals surface area (Å²) in [5, 5.41) is 18.6. The van der Waals surface area contributed by atoms with Gasteiger partial charge in [0.2, 0.25) is 0 Å². The molecule has 0 atom stereocenters. The zero-order valence-electron chi connectivity index (χ0n) is 11.8. The van der Waals surface area contributed by atoms with Gasteiger partial charge in [-0.05, 0) is 18.5 Å². The molecule has 1 rings (SSSR count). The van der Waals surface area contributed by atoms with Crippen LogP contribution < -0.4 is 10.9 Å². The summed E-state index contributed by atoms with van der Waals surface area (Å²) in [4.78, 5) is 11.7. The number of ether oxygens (including phenoxy) is 1. The fraction of sp³-hybridized carbons (Fsp3) is 0.462.